The van der Waals surface area contributed by atoms with Gasteiger partial charge in [0.1, 0.15) is 10.0 Å². The number of nitrogens with zero attached hydrogens (tertiary/aromatic N) is 1. The van der Waals surface area contributed by atoms with Crippen LogP contribution in [-0.2, 0) is 0 Å². The van der Waals surface area contributed by atoms with Crippen molar-refractivity contribution in [2.75, 3.05) is 5.32 Å². The third kappa shape index (κ3) is 3.21. The molecule has 25 heavy (non-hydrogen) atoms. The Bertz CT molecular complexity index is 1020. The summed E-state index contributed by atoms with van der Waals surface area (Å²) in [5.74, 6) is -0.0865. The van der Waals surface area contributed by atoms with Crippen LogP contribution in [0.3, 0.4) is 0 Å². The second kappa shape index (κ2) is 6.43. The summed E-state index contributed by atoms with van der Waals surface area (Å²) in [7, 11) is 0. The molecule has 2 aromatic heterocycles. The quantitative estimate of drug-likeness (QED) is 0.492. The van der Waals surface area contributed by atoms with Crippen LogP contribution in [0.1, 0.15) is 21.5 Å². The van der Waals surface area contributed by atoms with E-state index in [1.807, 2.05) is 55.6 Å². The van der Waals surface area contributed by atoms with Gasteiger partial charge in [-0.05, 0) is 49.6 Å². The Morgan fingerprint density at radius 3 is 2.56 bits per heavy atom. The van der Waals surface area contributed by atoms with Gasteiger partial charge in [0.15, 0.2) is 0 Å². The number of carbonyl (C=O) groups is 1. The number of para-hydroxylation sites is 1. The average molecular weight is 364 g/mol. The Kier molecular flexibility index (Phi) is 4.11. The number of aryl methyl sites for hydroxylation is 2. The topological polar surface area (TPSA) is 42.0 Å². The van der Waals surface area contributed by atoms with Crippen LogP contribution in [-0.4, -0.2) is 10.9 Å². The zero-order chi connectivity index (χ0) is 17.4. The lowest BCUT2D eigenvalue weighted by molar-refractivity contribution is 0.102. The number of hydrogen-bond acceptors (Lipinski definition) is 4. The monoisotopic (exact) mass is 364 g/mol. The molecule has 0 saturated heterocycles. The molecular formula is C20H16N2OS2. The second-order valence-electron chi connectivity index (χ2n) is 5.98. The van der Waals surface area contributed by atoms with Crippen molar-refractivity contribution >= 4 is 43.8 Å². The minimum atomic E-state index is -0.0865. The van der Waals surface area contributed by atoms with Crippen molar-refractivity contribution in [1.82, 2.24) is 4.98 Å². The Morgan fingerprint density at radius 1 is 1.04 bits per heavy atom. The molecule has 0 saturated carbocycles. The van der Waals surface area contributed by atoms with Crippen molar-refractivity contribution in [3.63, 3.8) is 0 Å². The number of benzene rings is 2. The van der Waals surface area contributed by atoms with Gasteiger partial charge in [-0.15, -0.1) is 22.7 Å². The van der Waals surface area contributed by atoms with Crippen LogP contribution in [0.15, 0.2) is 53.9 Å². The fourth-order valence-electron chi connectivity index (χ4n) is 2.84. The molecule has 0 spiro atoms. The van der Waals surface area contributed by atoms with E-state index in [2.05, 4.69) is 17.4 Å². The highest BCUT2D eigenvalue weighted by molar-refractivity contribution is 7.22. The first kappa shape index (κ1) is 16.0. The number of fused-ring (bicyclic) bond motifs is 1. The van der Waals surface area contributed by atoms with Gasteiger partial charge in [0.05, 0.1) is 10.2 Å². The van der Waals surface area contributed by atoms with E-state index in [1.54, 1.807) is 11.3 Å². The third-order valence-corrected chi connectivity index (χ3v) is 5.80. The van der Waals surface area contributed by atoms with Crippen LogP contribution in [0.2, 0.25) is 0 Å². The highest BCUT2D eigenvalue weighted by atomic mass is 32.1. The van der Waals surface area contributed by atoms with Crippen LogP contribution in [0.5, 0.6) is 0 Å². The number of carbonyl (C=O) groups excluding carboxylic acids is 1. The maximum atomic E-state index is 12.7. The van der Waals surface area contributed by atoms with E-state index >= 15 is 0 Å². The summed E-state index contributed by atoms with van der Waals surface area (Å²) in [4.78, 5) is 17.3. The van der Waals surface area contributed by atoms with E-state index in [1.165, 1.54) is 11.3 Å². The lowest BCUT2D eigenvalue weighted by Gasteiger charge is -2.07. The molecule has 4 aromatic rings. The Hall–Kier alpha value is -2.50. The van der Waals surface area contributed by atoms with Crippen LogP contribution < -0.4 is 5.32 Å². The summed E-state index contributed by atoms with van der Waals surface area (Å²) in [6.45, 7) is 4.00. The molecule has 0 atom stereocenters. The van der Waals surface area contributed by atoms with E-state index in [0.29, 0.717) is 5.56 Å². The molecule has 5 heteroatoms. The molecular weight excluding hydrogens is 348 g/mol. The predicted molar refractivity (Wildman–Crippen MR) is 107 cm³/mol. The number of thiazole rings is 1. The number of aromatic nitrogens is 1. The number of anilines is 1. The fraction of sp³-hybridized carbons (Fsp3) is 0.100. The van der Waals surface area contributed by atoms with Crippen molar-refractivity contribution in [2.24, 2.45) is 0 Å². The largest absolute Gasteiger partial charge is 0.313 e. The molecule has 0 aliphatic heterocycles. The van der Waals surface area contributed by atoms with Gasteiger partial charge in [-0.3, -0.25) is 4.79 Å². The summed E-state index contributed by atoms with van der Waals surface area (Å²) in [6, 6.07) is 16.0. The zero-order valence-corrected chi connectivity index (χ0v) is 15.5. The van der Waals surface area contributed by atoms with Crippen molar-refractivity contribution in [1.29, 1.82) is 0 Å². The van der Waals surface area contributed by atoms with Crippen LogP contribution >= 0.6 is 22.7 Å². The number of thiophene rings is 1. The summed E-state index contributed by atoms with van der Waals surface area (Å²) >= 11 is 3.16. The molecule has 124 valence electrons. The van der Waals surface area contributed by atoms with E-state index in [-0.39, 0.29) is 5.91 Å². The van der Waals surface area contributed by atoms with E-state index < -0.39 is 0 Å². The SMILES string of the molecule is Cc1cc(C)cc(C(=O)Nc2sccc2-c2nc3ccccc3s2)c1. The van der Waals surface area contributed by atoms with Gasteiger partial charge in [-0.1, -0.05) is 29.3 Å². The number of nitrogens with one attached hydrogen (secondary N) is 1. The van der Waals surface area contributed by atoms with Gasteiger partial charge in [-0.25, -0.2) is 4.98 Å². The van der Waals surface area contributed by atoms with E-state index in [9.17, 15) is 4.79 Å². The average Bonchev–Trinajstić information content (AvgIpc) is 3.19. The molecule has 2 heterocycles. The molecule has 3 nitrogen and oxygen atoms in total. The van der Waals surface area contributed by atoms with Crippen molar-refractivity contribution in [3.05, 3.63) is 70.6 Å². The molecule has 0 radical (unpaired) electrons. The lowest BCUT2D eigenvalue weighted by atomic mass is 10.1. The summed E-state index contributed by atoms with van der Waals surface area (Å²) in [5, 5.41) is 6.80. The molecule has 1 amide bonds. The predicted octanol–water partition coefficient (Wildman–Crippen LogP) is 5.89. The fourth-order valence-corrected chi connectivity index (χ4v) is 4.69. The van der Waals surface area contributed by atoms with E-state index in [0.717, 1.165) is 36.9 Å². The Balaban J connectivity index is 1.66. The maximum absolute atomic E-state index is 12.7. The molecule has 0 fully saturated rings. The van der Waals surface area contributed by atoms with Crippen LogP contribution in [0.25, 0.3) is 20.8 Å². The highest BCUT2D eigenvalue weighted by Crippen LogP contribution is 2.37. The summed E-state index contributed by atoms with van der Waals surface area (Å²) in [5.41, 5.74) is 4.82. The van der Waals surface area contributed by atoms with Crippen LogP contribution in [0, 0.1) is 13.8 Å². The first-order valence-corrected chi connectivity index (χ1v) is 9.63. The van der Waals surface area contributed by atoms with Crippen molar-refractivity contribution < 1.29 is 4.79 Å². The zero-order valence-electron chi connectivity index (χ0n) is 13.9. The summed E-state index contributed by atoms with van der Waals surface area (Å²) < 4.78 is 1.15. The minimum Gasteiger partial charge on any atom is -0.313 e. The van der Waals surface area contributed by atoms with Crippen LogP contribution in [0.4, 0.5) is 5.00 Å². The molecule has 0 aliphatic rings. The smallest absolute Gasteiger partial charge is 0.256 e. The third-order valence-electron chi connectivity index (χ3n) is 3.90. The van der Waals surface area contributed by atoms with Crippen molar-refractivity contribution in [3.8, 4) is 10.6 Å². The Morgan fingerprint density at radius 2 is 1.80 bits per heavy atom. The summed E-state index contributed by atoms with van der Waals surface area (Å²) in [6.07, 6.45) is 0. The lowest BCUT2D eigenvalue weighted by Crippen LogP contribution is -2.11. The molecule has 2 aromatic carbocycles. The number of rotatable bonds is 3. The number of amides is 1. The molecule has 0 aliphatic carbocycles. The van der Waals surface area contributed by atoms with Gasteiger partial charge in [0.25, 0.3) is 5.91 Å². The van der Waals surface area contributed by atoms with E-state index in [4.69, 9.17) is 4.98 Å². The van der Waals surface area contributed by atoms with Gasteiger partial charge in [-0.2, -0.15) is 0 Å². The minimum absolute atomic E-state index is 0.0865. The molecule has 0 unspecified atom stereocenters. The highest BCUT2D eigenvalue weighted by Gasteiger charge is 2.15. The Labute approximate surface area is 154 Å². The van der Waals surface area contributed by atoms with Gasteiger partial charge >= 0.3 is 0 Å². The standard InChI is InChI=1S/C20H16N2OS2/c1-12-9-13(2)11-14(10-12)18(23)22-19-15(7-8-24-19)20-21-16-5-3-4-6-17(16)25-20/h3-11H,1-2H3,(H,22,23). The van der Waals surface area contributed by atoms with Gasteiger partial charge in [0, 0.05) is 11.1 Å². The number of hydrogen-bond donors (Lipinski definition) is 1. The van der Waals surface area contributed by atoms with Gasteiger partial charge in [0.2, 0.25) is 0 Å². The maximum Gasteiger partial charge on any atom is 0.256 e. The molecule has 1 N–H and O–H groups in total. The first-order chi connectivity index (χ1) is 12.1. The molecule has 0 bridgehead atoms. The van der Waals surface area contributed by atoms with Gasteiger partial charge < -0.3 is 5.32 Å². The van der Waals surface area contributed by atoms with Crippen molar-refractivity contribution in [2.45, 2.75) is 13.8 Å². The first-order valence-electron chi connectivity index (χ1n) is 7.93. The molecule has 4 rings (SSSR count). The normalized spacial score (nSPS) is 11.0. The second-order valence-corrected chi connectivity index (χ2v) is 7.93.